The Kier molecular flexibility index (Phi) is 11.8. The normalized spacial score (nSPS) is 36.7. The van der Waals surface area contributed by atoms with Crippen molar-refractivity contribution in [2.75, 3.05) is 6.61 Å². The summed E-state index contributed by atoms with van der Waals surface area (Å²) in [6.45, 7) is 12.0. The molecule has 1 saturated heterocycles. The summed E-state index contributed by atoms with van der Waals surface area (Å²) in [5.74, 6) is -4.31. The van der Waals surface area contributed by atoms with Crippen molar-refractivity contribution in [3.05, 3.63) is 47.0 Å². The molecule has 11 atom stereocenters. The molecule has 284 valence electrons. The number of aliphatic hydroxyl groups excluding tert-OH is 4. The summed E-state index contributed by atoms with van der Waals surface area (Å²) in [6, 6.07) is 6.84. The van der Waals surface area contributed by atoms with Crippen molar-refractivity contribution < 1.29 is 63.7 Å². The lowest BCUT2D eigenvalue weighted by Gasteiger charge is -2.64. The van der Waals surface area contributed by atoms with Gasteiger partial charge in [0.25, 0.3) is 0 Å². The summed E-state index contributed by atoms with van der Waals surface area (Å²) < 4.78 is 22.7. The van der Waals surface area contributed by atoms with Crippen LogP contribution in [0.3, 0.4) is 0 Å². The number of carbonyl (C=O) groups is 4. The number of alkyl carbamates (subject to hydrolysis) is 1. The van der Waals surface area contributed by atoms with Crippen molar-refractivity contribution >= 4 is 23.8 Å². The smallest absolute Gasteiger partial charge is 0.408 e. The summed E-state index contributed by atoms with van der Waals surface area (Å²) in [4.78, 5) is 53.6. The van der Waals surface area contributed by atoms with Gasteiger partial charge in [-0.3, -0.25) is 9.59 Å². The second-order valence-electron chi connectivity index (χ2n) is 15.2. The van der Waals surface area contributed by atoms with E-state index in [1.165, 1.54) is 13.8 Å². The largest absolute Gasteiger partial charge is 0.456 e. The molecule has 0 unspecified atom stereocenters. The summed E-state index contributed by atoms with van der Waals surface area (Å²) >= 11 is 0. The third-order valence-electron chi connectivity index (χ3n) is 10.8. The van der Waals surface area contributed by atoms with Crippen molar-refractivity contribution in [2.45, 2.75) is 141 Å². The predicted molar refractivity (Wildman–Crippen MR) is 181 cm³/mol. The van der Waals surface area contributed by atoms with Gasteiger partial charge < -0.3 is 49.8 Å². The molecule has 2 aliphatic carbocycles. The Balaban J connectivity index is 1.81. The molecule has 0 spiro atoms. The summed E-state index contributed by atoms with van der Waals surface area (Å²) in [5.41, 5.74) is -5.95. The van der Waals surface area contributed by atoms with E-state index in [1.54, 1.807) is 65.0 Å². The lowest BCUT2D eigenvalue weighted by Crippen LogP contribution is -2.79. The number of benzene rings is 1. The van der Waals surface area contributed by atoms with Gasteiger partial charge in [0.1, 0.15) is 23.9 Å². The van der Waals surface area contributed by atoms with E-state index in [2.05, 4.69) is 5.32 Å². The summed E-state index contributed by atoms with van der Waals surface area (Å²) in [6.07, 6.45) is -11.2. The van der Waals surface area contributed by atoms with E-state index >= 15 is 0 Å². The fourth-order valence-corrected chi connectivity index (χ4v) is 7.95. The predicted octanol–water partition coefficient (Wildman–Crippen LogP) is 2.18. The van der Waals surface area contributed by atoms with Crippen LogP contribution >= 0.6 is 0 Å². The number of esters is 2. The number of carbonyl (C=O) groups excluding carboxylic acids is 4. The van der Waals surface area contributed by atoms with Gasteiger partial charge in [-0.05, 0) is 64.2 Å². The van der Waals surface area contributed by atoms with E-state index in [-0.39, 0.29) is 37.0 Å². The molecule has 1 saturated carbocycles. The van der Waals surface area contributed by atoms with E-state index in [0.29, 0.717) is 5.56 Å². The first-order valence-electron chi connectivity index (χ1n) is 17.4. The monoisotopic (exact) mass is 719 g/mol. The molecule has 0 radical (unpaired) electrons. The van der Waals surface area contributed by atoms with Crippen molar-refractivity contribution in [2.24, 2.45) is 11.3 Å². The molecule has 1 aromatic carbocycles. The zero-order valence-electron chi connectivity index (χ0n) is 30.5. The molecule has 0 aromatic heterocycles. The van der Waals surface area contributed by atoms with Crippen LogP contribution in [0.2, 0.25) is 0 Å². The van der Waals surface area contributed by atoms with Gasteiger partial charge in [-0.15, -0.1) is 0 Å². The highest BCUT2D eigenvalue weighted by Gasteiger charge is 2.73. The van der Waals surface area contributed by atoms with Gasteiger partial charge in [0, 0.05) is 25.7 Å². The molecular weight excluding hydrogens is 666 g/mol. The molecule has 14 nitrogen and oxygen atoms in total. The molecule has 1 aromatic rings. The Morgan fingerprint density at radius 3 is 2.24 bits per heavy atom. The third-order valence-corrected chi connectivity index (χ3v) is 10.8. The Morgan fingerprint density at radius 1 is 1.10 bits per heavy atom. The summed E-state index contributed by atoms with van der Waals surface area (Å²) in [5, 5.41) is 61.7. The Morgan fingerprint density at radius 2 is 1.73 bits per heavy atom. The van der Waals surface area contributed by atoms with Gasteiger partial charge >= 0.3 is 18.0 Å². The number of rotatable bonds is 8. The SMILES string of the molecule is CC/C1=C(/C)[C@@H](OC(=O)[C@H](O)[C@@H](NC(=O)OC(C)(C)C)c2ccccc2)C[C@](O)(CC)[C@@H](O)[C@@H]2[C@]3(OC(C)=O)CO[C@@H]3C[C@H](O)[C@@]2(C)C(=O)[C@@H]1O. The second kappa shape index (κ2) is 14.9. The maximum atomic E-state index is 14.5. The van der Waals surface area contributed by atoms with Crippen LogP contribution in [0.15, 0.2) is 41.5 Å². The number of Topliss-reactive ketones (excluding diaryl/α,β-unsaturated/α-hetero) is 1. The minimum absolute atomic E-state index is 0.0763. The molecular formula is C37H53NO13. The van der Waals surface area contributed by atoms with Crippen LogP contribution in [0.25, 0.3) is 0 Å². The van der Waals surface area contributed by atoms with Crippen molar-refractivity contribution in [1.82, 2.24) is 5.32 Å². The number of aliphatic hydroxyl groups is 5. The zero-order chi connectivity index (χ0) is 38.3. The highest BCUT2D eigenvalue weighted by Crippen LogP contribution is 2.58. The first-order valence-corrected chi connectivity index (χ1v) is 17.4. The van der Waals surface area contributed by atoms with E-state index in [1.807, 2.05) is 0 Å². The third kappa shape index (κ3) is 7.58. The van der Waals surface area contributed by atoms with Gasteiger partial charge in [-0.25, -0.2) is 9.59 Å². The number of amides is 1. The topological polar surface area (TPSA) is 218 Å². The molecule has 1 amide bonds. The van der Waals surface area contributed by atoms with Gasteiger partial charge in [0.2, 0.25) is 0 Å². The van der Waals surface area contributed by atoms with E-state index in [0.717, 1.165) is 6.92 Å². The average molecular weight is 720 g/mol. The molecule has 4 rings (SSSR count). The molecule has 3 aliphatic rings. The van der Waals surface area contributed by atoms with Crippen LogP contribution in [0.5, 0.6) is 0 Å². The highest BCUT2D eigenvalue weighted by atomic mass is 16.6. The minimum atomic E-state index is -2.15. The van der Waals surface area contributed by atoms with Crippen LogP contribution in [0.4, 0.5) is 4.79 Å². The molecule has 6 N–H and O–H groups in total. The number of hydrogen-bond donors (Lipinski definition) is 6. The van der Waals surface area contributed by atoms with Gasteiger partial charge in [0.15, 0.2) is 17.5 Å². The van der Waals surface area contributed by atoms with Crippen molar-refractivity contribution in [3.8, 4) is 0 Å². The number of ether oxygens (including phenoxy) is 4. The van der Waals surface area contributed by atoms with Crippen LogP contribution in [-0.4, -0.2) is 109 Å². The highest BCUT2D eigenvalue weighted by molar-refractivity contribution is 5.92. The molecule has 1 heterocycles. The Bertz CT molecular complexity index is 1510. The standard InChI is InChI=1S/C37H53NO13/c1-9-22-19(3)23(49-32(45)28(42)26(21-14-12-11-13-15-21)38-33(46)51-34(5,6)7)17-36(47,10-2)31(44)29-35(8,30(43)27(22)41)24(40)16-25-37(29,18-48-25)50-20(4)39/h11-15,23-29,31,40-42,44,47H,9-10,16-18H2,1-8H3,(H,38,46)/b22-19+/t23-,24-,25+,26-,27+,28+,29-,31-,35+,36+,37-/m0/s1. The van der Waals surface area contributed by atoms with Gasteiger partial charge in [-0.1, -0.05) is 44.2 Å². The number of nitrogens with one attached hydrogen (secondary N) is 1. The molecule has 0 bridgehead atoms. The van der Waals surface area contributed by atoms with Crippen LogP contribution in [0.1, 0.15) is 92.7 Å². The number of fused-ring (bicyclic) bond motifs is 3. The molecule has 2 fully saturated rings. The lowest BCUT2D eigenvalue weighted by atomic mass is 9.50. The molecule has 1 aliphatic heterocycles. The Hall–Kier alpha value is -3.40. The molecule has 14 heteroatoms. The summed E-state index contributed by atoms with van der Waals surface area (Å²) in [7, 11) is 0. The van der Waals surface area contributed by atoms with Gasteiger partial charge in [0.05, 0.1) is 35.9 Å². The quantitative estimate of drug-likeness (QED) is 0.129. The van der Waals surface area contributed by atoms with Crippen LogP contribution < -0.4 is 5.32 Å². The molecule has 51 heavy (non-hydrogen) atoms. The van der Waals surface area contributed by atoms with E-state index < -0.39 is 101 Å². The van der Waals surface area contributed by atoms with E-state index in [4.69, 9.17) is 18.9 Å². The lowest BCUT2D eigenvalue weighted by molar-refractivity contribution is -0.340. The Labute approximate surface area is 298 Å². The minimum Gasteiger partial charge on any atom is -0.456 e. The zero-order valence-corrected chi connectivity index (χ0v) is 30.5. The first kappa shape index (κ1) is 40.4. The van der Waals surface area contributed by atoms with Crippen LogP contribution in [-0.2, 0) is 33.3 Å². The average Bonchev–Trinajstić information content (AvgIpc) is 3.05. The van der Waals surface area contributed by atoms with Crippen LogP contribution in [0, 0.1) is 11.3 Å². The van der Waals surface area contributed by atoms with Gasteiger partial charge in [-0.2, -0.15) is 0 Å². The fourth-order valence-electron chi connectivity index (χ4n) is 7.95. The second-order valence-corrected chi connectivity index (χ2v) is 15.2. The maximum Gasteiger partial charge on any atom is 0.408 e. The first-order chi connectivity index (χ1) is 23.7. The fraction of sp³-hybridized carbons (Fsp3) is 0.676. The van der Waals surface area contributed by atoms with Crippen molar-refractivity contribution in [3.63, 3.8) is 0 Å². The number of ketones is 1. The van der Waals surface area contributed by atoms with Crippen molar-refractivity contribution in [1.29, 1.82) is 0 Å². The maximum absolute atomic E-state index is 14.5. The number of hydrogen-bond acceptors (Lipinski definition) is 13. The van der Waals surface area contributed by atoms with E-state index in [9.17, 15) is 44.7 Å².